The first-order valence-electron chi connectivity index (χ1n) is 11.1. The van der Waals surface area contributed by atoms with Gasteiger partial charge in [-0.1, -0.05) is 84.9 Å². The summed E-state index contributed by atoms with van der Waals surface area (Å²) < 4.78 is 6.11. The average Bonchev–Trinajstić information content (AvgIpc) is 2.91. The second kappa shape index (κ2) is 9.86. The van der Waals surface area contributed by atoms with Crippen molar-refractivity contribution in [2.24, 2.45) is 4.99 Å². The zero-order valence-corrected chi connectivity index (χ0v) is 18.7. The molecule has 0 spiro atoms. The summed E-state index contributed by atoms with van der Waals surface area (Å²) in [6, 6.07) is 36.2. The van der Waals surface area contributed by atoms with Crippen molar-refractivity contribution in [3.05, 3.63) is 137 Å². The van der Waals surface area contributed by atoms with Crippen LogP contribution in [0.15, 0.2) is 126 Å². The molecule has 4 aromatic rings. The Balaban J connectivity index is 1.63. The summed E-state index contributed by atoms with van der Waals surface area (Å²) in [5.41, 5.74) is 10.1. The minimum atomic E-state index is -0.386. The number of allylic oxidation sites excluding steroid dienone is 1. The van der Waals surface area contributed by atoms with Crippen molar-refractivity contribution >= 4 is 11.5 Å². The van der Waals surface area contributed by atoms with E-state index in [2.05, 4.69) is 16.9 Å². The molecule has 0 aromatic heterocycles. The Bertz CT molecular complexity index is 1430. The number of fused-ring (bicyclic) bond motifs is 1. The van der Waals surface area contributed by atoms with E-state index in [0.717, 1.165) is 22.4 Å². The van der Waals surface area contributed by atoms with Crippen LogP contribution in [0.2, 0.25) is 0 Å². The number of phenolic OH excluding ortho intramolecular Hbond substituents is 1. The van der Waals surface area contributed by atoms with Gasteiger partial charge in [-0.3, -0.25) is 10.9 Å². The van der Waals surface area contributed by atoms with Crippen LogP contribution in [0, 0.1) is 11.3 Å². The van der Waals surface area contributed by atoms with Gasteiger partial charge in [0.05, 0.1) is 11.6 Å². The van der Waals surface area contributed by atoms with Gasteiger partial charge < -0.3 is 9.84 Å². The van der Waals surface area contributed by atoms with Crippen LogP contribution in [0.25, 0.3) is 0 Å². The van der Waals surface area contributed by atoms with Crippen molar-refractivity contribution in [1.29, 1.82) is 5.26 Å². The Labute approximate surface area is 203 Å². The molecular weight excluding hydrogens is 436 g/mol. The lowest BCUT2D eigenvalue weighted by molar-refractivity contribution is 0.389. The van der Waals surface area contributed by atoms with Crippen LogP contribution in [0.3, 0.4) is 0 Å². The van der Waals surface area contributed by atoms with Crippen LogP contribution in [-0.2, 0) is 0 Å². The molecule has 3 N–H and O–H groups in total. The molecule has 1 atom stereocenters. The number of amidine groups is 1. The number of rotatable bonds is 5. The Kier molecular flexibility index (Phi) is 6.14. The second-order valence-corrected chi connectivity index (χ2v) is 7.94. The fourth-order valence-corrected chi connectivity index (χ4v) is 3.99. The normalized spacial score (nSPS) is 14.9. The zero-order chi connectivity index (χ0) is 24.0. The molecule has 0 saturated carbocycles. The van der Waals surface area contributed by atoms with Gasteiger partial charge >= 0.3 is 0 Å². The number of nitrogens with one attached hydrogen (secondary N) is 2. The quantitative estimate of drug-likeness (QED) is 0.202. The molecule has 0 amide bonds. The van der Waals surface area contributed by atoms with Gasteiger partial charge in [0, 0.05) is 17.2 Å². The van der Waals surface area contributed by atoms with Crippen molar-refractivity contribution in [3.63, 3.8) is 0 Å². The highest BCUT2D eigenvalue weighted by Gasteiger charge is 2.32. The Hall–Kier alpha value is -5.02. The van der Waals surface area contributed by atoms with E-state index in [1.807, 2.05) is 91.0 Å². The molecule has 170 valence electrons. The minimum absolute atomic E-state index is 0.0754. The molecule has 35 heavy (non-hydrogen) atoms. The number of nitrogens with zero attached hydrogens (tertiary/aromatic N) is 2. The molecule has 1 aliphatic rings. The van der Waals surface area contributed by atoms with Crippen molar-refractivity contribution in [1.82, 2.24) is 5.43 Å². The molecule has 6 heteroatoms. The molecule has 5 rings (SSSR count). The highest BCUT2D eigenvalue weighted by atomic mass is 16.5. The monoisotopic (exact) mass is 458 g/mol. The van der Waals surface area contributed by atoms with E-state index in [4.69, 9.17) is 9.73 Å². The van der Waals surface area contributed by atoms with Crippen LogP contribution in [0.1, 0.15) is 22.6 Å². The maximum atomic E-state index is 10.2. The number of hydrogen-bond donors (Lipinski definition) is 3. The number of ether oxygens (including phenoxy) is 1. The standard InChI is InChI=1S/C29H22N4O2/c30-19-25-27(20-10-4-1-5-11-20)24-17-16-23(34)18-26(24)35-29(25)31-28(21-12-6-2-7-13-21)33-32-22-14-8-3-9-15-22/h1-18,27,32,34H,(H,31,33). The van der Waals surface area contributed by atoms with E-state index in [1.165, 1.54) is 0 Å². The SMILES string of the molecule is N#CC1=C(/N=C(/NNc2ccccc2)c2ccccc2)Oc2cc(O)ccc2C1c1ccccc1. The molecule has 4 aromatic carbocycles. The van der Waals surface area contributed by atoms with Crippen LogP contribution < -0.4 is 15.6 Å². The number of benzene rings is 4. The largest absolute Gasteiger partial charge is 0.508 e. The number of hydrogen-bond acceptors (Lipinski definition) is 5. The molecule has 0 radical (unpaired) electrons. The van der Waals surface area contributed by atoms with Crippen molar-refractivity contribution in [3.8, 4) is 17.6 Å². The molecule has 0 bridgehead atoms. The first-order chi connectivity index (χ1) is 17.2. The number of aliphatic imine (C=N–C) groups is 1. The molecule has 6 nitrogen and oxygen atoms in total. The van der Waals surface area contributed by atoms with Gasteiger partial charge in [-0.15, -0.1) is 0 Å². The number of nitriles is 1. The summed E-state index contributed by atoms with van der Waals surface area (Å²) in [6.07, 6.45) is 0. The zero-order valence-electron chi connectivity index (χ0n) is 18.7. The van der Waals surface area contributed by atoms with E-state index in [-0.39, 0.29) is 17.6 Å². The van der Waals surface area contributed by atoms with Crippen molar-refractivity contribution in [2.75, 3.05) is 5.43 Å². The van der Waals surface area contributed by atoms with Crippen molar-refractivity contribution in [2.45, 2.75) is 5.92 Å². The van der Waals surface area contributed by atoms with E-state index in [1.54, 1.807) is 18.2 Å². The van der Waals surface area contributed by atoms with Crippen LogP contribution in [0.5, 0.6) is 11.5 Å². The third-order valence-corrected chi connectivity index (χ3v) is 5.65. The van der Waals surface area contributed by atoms with Gasteiger partial charge in [0.2, 0.25) is 5.88 Å². The molecule has 1 unspecified atom stereocenters. The summed E-state index contributed by atoms with van der Waals surface area (Å²) >= 11 is 0. The second-order valence-electron chi connectivity index (χ2n) is 7.94. The van der Waals surface area contributed by atoms with Gasteiger partial charge in [-0.05, 0) is 23.8 Å². The van der Waals surface area contributed by atoms with Gasteiger partial charge in [0.15, 0.2) is 5.84 Å². The third kappa shape index (κ3) is 4.70. The Morgan fingerprint density at radius 2 is 1.51 bits per heavy atom. The topological polar surface area (TPSA) is 89.7 Å². The maximum Gasteiger partial charge on any atom is 0.236 e. The molecule has 0 aliphatic carbocycles. The molecular formula is C29H22N4O2. The fourth-order valence-electron chi connectivity index (χ4n) is 3.99. The molecule has 0 saturated heterocycles. The highest BCUT2D eigenvalue weighted by Crippen LogP contribution is 2.44. The fraction of sp³-hybridized carbons (Fsp3) is 0.0345. The lowest BCUT2D eigenvalue weighted by Gasteiger charge is -2.27. The van der Waals surface area contributed by atoms with E-state index >= 15 is 0 Å². The molecule has 0 fully saturated rings. The number of phenols is 1. The predicted octanol–water partition coefficient (Wildman–Crippen LogP) is 5.72. The first-order valence-corrected chi connectivity index (χ1v) is 11.1. The number of anilines is 1. The first kappa shape index (κ1) is 21.8. The summed E-state index contributed by atoms with van der Waals surface area (Å²) in [5.74, 6) is 0.795. The Morgan fingerprint density at radius 3 is 2.20 bits per heavy atom. The predicted molar refractivity (Wildman–Crippen MR) is 136 cm³/mol. The third-order valence-electron chi connectivity index (χ3n) is 5.65. The van der Waals surface area contributed by atoms with E-state index in [0.29, 0.717) is 17.2 Å². The minimum Gasteiger partial charge on any atom is -0.508 e. The smallest absolute Gasteiger partial charge is 0.236 e. The number of aromatic hydroxyl groups is 1. The summed E-state index contributed by atoms with van der Waals surface area (Å²) in [5, 5.41) is 20.3. The highest BCUT2D eigenvalue weighted by molar-refractivity contribution is 6.00. The van der Waals surface area contributed by atoms with Crippen LogP contribution >= 0.6 is 0 Å². The Morgan fingerprint density at radius 1 is 0.857 bits per heavy atom. The van der Waals surface area contributed by atoms with Crippen LogP contribution in [0.4, 0.5) is 5.69 Å². The number of para-hydroxylation sites is 1. The van der Waals surface area contributed by atoms with Gasteiger partial charge in [-0.2, -0.15) is 10.3 Å². The number of hydrazine groups is 1. The summed E-state index contributed by atoms with van der Waals surface area (Å²) in [7, 11) is 0. The van der Waals surface area contributed by atoms with Gasteiger partial charge in [0.1, 0.15) is 23.1 Å². The maximum absolute atomic E-state index is 10.2. The summed E-state index contributed by atoms with van der Waals surface area (Å²) in [4.78, 5) is 4.77. The lowest BCUT2D eigenvalue weighted by Crippen LogP contribution is -2.31. The van der Waals surface area contributed by atoms with E-state index < -0.39 is 0 Å². The lowest BCUT2D eigenvalue weighted by atomic mass is 9.83. The van der Waals surface area contributed by atoms with Crippen molar-refractivity contribution < 1.29 is 9.84 Å². The van der Waals surface area contributed by atoms with E-state index in [9.17, 15) is 10.4 Å². The average molecular weight is 459 g/mol. The molecule has 1 aliphatic heterocycles. The van der Waals surface area contributed by atoms with Crippen LogP contribution in [-0.4, -0.2) is 10.9 Å². The molecule has 1 heterocycles. The van der Waals surface area contributed by atoms with Gasteiger partial charge in [0.25, 0.3) is 0 Å². The summed E-state index contributed by atoms with van der Waals surface area (Å²) in [6.45, 7) is 0. The van der Waals surface area contributed by atoms with Gasteiger partial charge in [-0.25, -0.2) is 0 Å².